The number of benzene rings is 1. The number of ether oxygens (including phenoxy) is 3. The zero-order valence-electron chi connectivity index (χ0n) is 26.9. The SMILES string of the molecule is CC(=O)c1c(OCCCNCCN(C)C)c2c(c3c1OC(C)(CCC=C(C)C)C=C3)OC(C)(CCC=C(C)C)C=C2. The number of Topliss-reactive ketones (excluding diaryl/α,β-unsaturated/α-hetero) is 1. The number of fused-ring (bicyclic) bond motifs is 3. The minimum Gasteiger partial charge on any atom is -0.492 e. The maximum atomic E-state index is 13.2. The van der Waals surface area contributed by atoms with Crippen molar-refractivity contribution in [3.05, 3.63) is 52.1 Å². The molecule has 226 valence electrons. The minimum atomic E-state index is -0.539. The van der Waals surface area contributed by atoms with Crippen LogP contribution in [0.25, 0.3) is 12.2 Å². The molecule has 0 fully saturated rings. The first kappa shape index (κ1) is 32.7. The van der Waals surface area contributed by atoms with E-state index in [0.717, 1.165) is 68.6 Å². The quantitative estimate of drug-likeness (QED) is 0.134. The Morgan fingerprint density at radius 2 is 1.44 bits per heavy atom. The lowest BCUT2D eigenvalue weighted by Crippen LogP contribution is -2.35. The van der Waals surface area contributed by atoms with Gasteiger partial charge in [-0.15, -0.1) is 0 Å². The van der Waals surface area contributed by atoms with Crippen LogP contribution in [0.2, 0.25) is 0 Å². The van der Waals surface area contributed by atoms with Gasteiger partial charge in [0, 0.05) is 13.1 Å². The van der Waals surface area contributed by atoms with E-state index in [1.165, 1.54) is 11.1 Å². The lowest BCUT2D eigenvalue weighted by molar-refractivity contribution is 0.0973. The molecule has 6 heteroatoms. The van der Waals surface area contributed by atoms with Crippen LogP contribution < -0.4 is 19.5 Å². The topological polar surface area (TPSA) is 60.0 Å². The molecule has 0 spiro atoms. The predicted molar refractivity (Wildman–Crippen MR) is 171 cm³/mol. The van der Waals surface area contributed by atoms with Gasteiger partial charge in [0.25, 0.3) is 0 Å². The third-order valence-electron chi connectivity index (χ3n) is 7.53. The Kier molecular flexibility index (Phi) is 11.5. The summed E-state index contributed by atoms with van der Waals surface area (Å²) >= 11 is 0. The Morgan fingerprint density at radius 3 is 1.98 bits per heavy atom. The zero-order valence-corrected chi connectivity index (χ0v) is 26.9. The van der Waals surface area contributed by atoms with Crippen molar-refractivity contribution in [3.8, 4) is 17.2 Å². The number of hydrogen-bond donors (Lipinski definition) is 1. The fourth-order valence-electron chi connectivity index (χ4n) is 5.13. The summed E-state index contributed by atoms with van der Waals surface area (Å²) in [5.41, 5.74) is 3.70. The van der Waals surface area contributed by atoms with Crippen molar-refractivity contribution >= 4 is 17.9 Å². The number of ketones is 1. The van der Waals surface area contributed by atoms with Crippen LogP contribution in [-0.4, -0.2) is 62.2 Å². The summed E-state index contributed by atoms with van der Waals surface area (Å²) in [4.78, 5) is 15.4. The number of likely N-dealkylation sites (N-methyl/N-ethyl adjacent to an activating group) is 1. The van der Waals surface area contributed by atoms with E-state index in [-0.39, 0.29) is 5.78 Å². The molecule has 2 unspecified atom stereocenters. The number of rotatable bonds is 15. The lowest BCUT2D eigenvalue weighted by atomic mass is 9.88. The fourth-order valence-corrected chi connectivity index (χ4v) is 5.13. The van der Waals surface area contributed by atoms with Crippen LogP contribution in [0.15, 0.2) is 35.5 Å². The molecule has 0 bridgehead atoms. The van der Waals surface area contributed by atoms with Gasteiger partial charge < -0.3 is 24.4 Å². The van der Waals surface area contributed by atoms with Crippen molar-refractivity contribution in [1.82, 2.24) is 10.2 Å². The van der Waals surface area contributed by atoms with Crippen LogP contribution in [-0.2, 0) is 0 Å². The van der Waals surface area contributed by atoms with Gasteiger partial charge in [-0.3, -0.25) is 4.79 Å². The van der Waals surface area contributed by atoms with E-state index in [2.05, 4.69) is 102 Å². The van der Waals surface area contributed by atoms with Crippen LogP contribution in [0.3, 0.4) is 0 Å². The summed E-state index contributed by atoms with van der Waals surface area (Å²) in [6, 6.07) is 0. The molecule has 6 nitrogen and oxygen atoms in total. The number of hydrogen-bond acceptors (Lipinski definition) is 6. The van der Waals surface area contributed by atoms with E-state index in [4.69, 9.17) is 14.2 Å². The summed E-state index contributed by atoms with van der Waals surface area (Å²) in [6.45, 7) is 17.5. The van der Waals surface area contributed by atoms with E-state index in [9.17, 15) is 4.79 Å². The van der Waals surface area contributed by atoms with Crippen LogP contribution in [0.4, 0.5) is 0 Å². The molecule has 2 aliphatic heterocycles. The molecule has 3 rings (SSSR count). The first-order valence-corrected chi connectivity index (χ1v) is 15.1. The molecular formula is C35H52N2O4. The van der Waals surface area contributed by atoms with Crippen molar-refractivity contribution in [2.75, 3.05) is 40.3 Å². The van der Waals surface area contributed by atoms with Gasteiger partial charge >= 0.3 is 0 Å². The molecule has 2 atom stereocenters. The van der Waals surface area contributed by atoms with Crippen molar-refractivity contribution < 1.29 is 19.0 Å². The Labute approximate surface area is 248 Å². The maximum Gasteiger partial charge on any atom is 0.167 e. The minimum absolute atomic E-state index is 0.0737. The number of allylic oxidation sites excluding steroid dienone is 4. The monoisotopic (exact) mass is 564 g/mol. The van der Waals surface area contributed by atoms with E-state index in [1.807, 2.05) is 0 Å². The van der Waals surface area contributed by atoms with Gasteiger partial charge in [0.05, 0.1) is 17.7 Å². The molecule has 1 aromatic rings. The molecular weight excluding hydrogens is 512 g/mol. The third-order valence-corrected chi connectivity index (χ3v) is 7.53. The Morgan fingerprint density at radius 1 is 0.878 bits per heavy atom. The van der Waals surface area contributed by atoms with E-state index < -0.39 is 11.2 Å². The molecule has 0 aliphatic carbocycles. The van der Waals surface area contributed by atoms with Gasteiger partial charge in [-0.2, -0.15) is 0 Å². The first-order valence-electron chi connectivity index (χ1n) is 15.1. The van der Waals surface area contributed by atoms with Gasteiger partial charge in [-0.25, -0.2) is 0 Å². The van der Waals surface area contributed by atoms with Gasteiger partial charge in [0.15, 0.2) is 5.78 Å². The standard InChI is InChI=1S/C35H52N2O4/c1-25(2)13-10-17-34(6)19-15-28-31(40-34)29-16-20-35(7,18-11-14-26(3)4)41-33(29)30(27(5)38)32(28)39-24-12-21-36-22-23-37(8)9/h13-16,19-20,36H,10-12,17-18,21-24H2,1-9H3. The third kappa shape index (κ3) is 9.08. The van der Waals surface area contributed by atoms with Gasteiger partial charge in [-0.05, 0) is 126 Å². The average molecular weight is 565 g/mol. The Bertz CT molecular complexity index is 1200. The molecule has 0 aromatic heterocycles. The summed E-state index contributed by atoms with van der Waals surface area (Å²) in [6.07, 6.45) is 17.1. The molecule has 41 heavy (non-hydrogen) atoms. The van der Waals surface area contributed by atoms with Crippen molar-refractivity contribution in [1.29, 1.82) is 0 Å². The molecule has 2 heterocycles. The molecule has 0 amide bonds. The van der Waals surface area contributed by atoms with Crippen molar-refractivity contribution in [3.63, 3.8) is 0 Å². The number of carbonyl (C=O) groups is 1. The second-order valence-electron chi connectivity index (χ2n) is 12.6. The fraction of sp³-hybridized carbons (Fsp3) is 0.571. The van der Waals surface area contributed by atoms with Crippen LogP contribution >= 0.6 is 0 Å². The van der Waals surface area contributed by atoms with E-state index in [0.29, 0.717) is 23.7 Å². The highest BCUT2D eigenvalue weighted by Gasteiger charge is 2.38. The van der Waals surface area contributed by atoms with Crippen LogP contribution in [0.1, 0.15) is 102 Å². The van der Waals surface area contributed by atoms with Crippen molar-refractivity contribution in [2.24, 2.45) is 0 Å². The Hall–Kier alpha value is -2.83. The van der Waals surface area contributed by atoms with Gasteiger partial charge in [0.2, 0.25) is 0 Å². The molecule has 0 radical (unpaired) electrons. The van der Waals surface area contributed by atoms with E-state index in [1.54, 1.807) is 6.92 Å². The summed E-state index contributed by atoms with van der Waals surface area (Å²) in [5.74, 6) is 1.79. The normalized spacial score (nSPS) is 20.5. The number of nitrogens with one attached hydrogen (secondary N) is 1. The molecule has 0 saturated carbocycles. The van der Waals surface area contributed by atoms with Crippen molar-refractivity contribution in [2.45, 2.75) is 91.8 Å². The second-order valence-corrected chi connectivity index (χ2v) is 12.6. The molecule has 1 N–H and O–H groups in total. The smallest absolute Gasteiger partial charge is 0.167 e. The van der Waals surface area contributed by atoms with Gasteiger partial charge in [0.1, 0.15) is 34.0 Å². The second kappa shape index (κ2) is 14.4. The average Bonchev–Trinajstić information content (AvgIpc) is 2.86. The first-order chi connectivity index (χ1) is 19.3. The summed E-state index contributed by atoms with van der Waals surface area (Å²) < 4.78 is 19.9. The molecule has 0 saturated heterocycles. The largest absolute Gasteiger partial charge is 0.492 e. The predicted octanol–water partition coefficient (Wildman–Crippen LogP) is 7.63. The molecule has 2 aliphatic rings. The highest BCUT2D eigenvalue weighted by atomic mass is 16.5. The highest BCUT2D eigenvalue weighted by molar-refractivity contribution is 6.04. The van der Waals surface area contributed by atoms with Gasteiger partial charge in [-0.1, -0.05) is 23.3 Å². The number of carbonyl (C=O) groups excluding carboxylic acids is 1. The van der Waals surface area contributed by atoms with Crippen LogP contribution in [0.5, 0.6) is 17.2 Å². The Balaban J connectivity index is 1.98. The molecule has 1 aromatic carbocycles. The summed E-state index contributed by atoms with van der Waals surface area (Å²) in [7, 11) is 4.14. The summed E-state index contributed by atoms with van der Waals surface area (Å²) in [5, 5.41) is 3.46. The highest BCUT2D eigenvalue weighted by Crippen LogP contribution is 2.52. The van der Waals surface area contributed by atoms with E-state index >= 15 is 0 Å². The lowest BCUT2D eigenvalue weighted by Gasteiger charge is -2.38. The zero-order chi connectivity index (χ0) is 30.2. The van der Waals surface area contributed by atoms with Crippen LogP contribution in [0, 0.1) is 0 Å². The maximum absolute atomic E-state index is 13.2. The number of nitrogens with zero attached hydrogens (tertiary/aromatic N) is 1.